The summed E-state index contributed by atoms with van der Waals surface area (Å²) in [7, 11) is 0. The number of fused-ring (bicyclic) bond motifs is 6. The van der Waals surface area contributed by atoms with E-state index in [0.29, 0.717) is 0 Å². The molecule has 0 amide bonds. The highest BCUT2D eigenvalue weighted by Crippen LogP contribution is 2.50. The van der Waals surface area contributed by atoms with Gasteiger partial charge in [-0.3, -0.25) is 4.98 Å². The molecule has 154 valence electrons. The van der Waals surface area contributed by atoms with Crippen LogP contribution >= 0.6 is 0 Å². The van der Waals surface area contributed by atoms with Gasteiger partial charge in [0.25, 0.3) is 0 Å². The molecule has 31 heavy (non-hydrogen) atoms. The van der Waals surface area contributed by atoms with Crippen LogP contribution in [-0.4, -0.2) is 4.98 Å². The maximum absolute atomic E-state index is 6.61. The average molecular weight is 406 g/mol. The molecule has 6 rings (SSSR count). The van der Waals surface area contributed by atoms with Crippen LogP contribution < -0.4 is 0 Å². The van der Waals surface area contributed by atoms with E-state index in [2.05, 4.69) is 82.3 Å². The van der Waals surface area contributed by atoms with Crippen LogP contribution in [0.4, 0.5) is 0 Å². The Hall–Kier alpha value is -3.13. The van der Waals surface area contributed by atoms with E-state index < -0.39 is 0 Å². The van der Waals surface area contributed by atoms with Gasteiger partial charge < -0.3 is 4.42 Å². The van der Waals surface area contributed by atoms with Crippen molar-refractivity contribution >= 4 is 32.7 Å². The molecule has 0 aliphatic heterocycles. The second kappa shape index (κ2) is 6.20. The fourth-order valence-electron chi connectivity index (χ4n) is 5.45. The Kier molecular flexibility index (Phi) is 3.72. The molecule has 0 atom stereocenters. The summed E-state index contributed by atoms with van der Waals surface area (Å²) in [4.78, 5) is 4.73. The Morgan fingerprint density at radius 3 is 2.35 bits per heavy atom. The van der Waals surface area contributed by atoms with Gasteiger partial charge >= 0.3 is 0 Å². The Morgan fingerprint density at radius 2 is 1.55 bits per heavy atom. The monoisotopic (exact) mass is 405 g/mol. The van der Waals surface area contributed by atoms with Crippen molar-refractivity contribution in [2.24, 2.45) is 0 Å². The van der Waals surface area contributed by atoms with Gasteiger partial charge in [-0.15, -0.1) is 0 Å². The van der Waals surface area contributed by atoms with Crippen LogP contribution in [0.5, 0.6) is 0 Å². The van der Waals surface area contributed by atoms with Crippen LogP contribution in [0.25, 0.3) is 44.0 Å². The first-order chi connectivity index (χ1) is 14.9. The molecule has 0 fully saturated rings. The highest BCUT2D eigenvalue weighted by atomic mass is 16.3. The zero-order valence-electron chi connectivity index (χ0n) is 18.6. The molecule has 0 saturated heterocycles. The molecule has 3 aromatic carbocycles. The predicted octanol–water partition coefficient (Wildman–Crippen LogP) is 8.15. The number of furan rings is 1. The highest BCUT2D eigenvalue weighted by molar-refractivity contribution is 6.13. The lowest BCUT2D eigenvalue weighted by molar-refractivity contribution is 0.331. The summed E-state index contributed by atoms with van der Waals surface area (Å²) in [6, 6.07) is 21.6. The number of hydrogen-bond acceptors (Lipinski definition) is 2. The van der Waals surface area contributed by atoms with Crippen molar-refractivity contribution in [3.8, 4) is 11.3 Å². The molecule has 2 nitrogen and oxygen atoms in total. The summed E-state index contributed by atoms with van der Waals surface area (Å²) < 4.78 is 6.61. The van der Waals surface area contributed by atoms with Gasteiger partial charge in [0, 0.05) is 33.5 Å². The SMILES string of the molecule is CC1(C)CCC(C)(C)c2c1ccc1c2oc2cc3ccnc(-c4ccccc4)c3cc21. The van der Waals surface area contributed by atoms with Gasteiger partial charge in [0.2, 0.25) is 0 Å². The van der Waals surface area contributed by atoms with Gasteiger partial charge in [-0.2, -0.15) is 0 Å². The normalized spacial score (nSPS) is 17.3. The number of benzene rings is 3. The zero-order valence-corrected chi connectivity index (χ0v) is 18.6. The van der Waals surface area contributed by atoms with Crippen LogP contribution in [0.2, 0.25) is 0 Å². The fraction of sp³-hybridized carbons (Fsp3) is 0.276. The lowest BCUT2D eigenvalue weighted by Crippen LogP contribution is -2.33. The molecule has 0 unspecified atom stereocenters. The van der Waals surface area contributed by atoms with E-state index in [9.17, 15) is 0 Å². The summed E-state index contributed by atoms with van der Waals surface area (Å²) >= 11 is 0. The van der Waals surface area contributed by atoms with Gasteiger partial charge in [-0.05, 0) is 52.8 Å². The van der Waals surface area contributed by atoms with Gasteiger partial charge in [-0.25, -0.2) is 0 Å². The molecule has 0 spiro atoms. The molecule has 1 aliphatic carbocycles. The molecule has 1 aliphatic rings. The third-order valence-corrected chi connectivity index (χ3v) is 7.35. The second-order valence-corrected chi connectivity index (χ2v) is 10.3. The quantitative estimate of drug-likeness (QED) is 0.281. The minimum atomic E-state index is 0.106. The lowest BCUT2D eigenvalue weighted by Gasteiger charge is -2.41. The number of pyridine rings is 1. The smallest absolute Gasteiger partial charge is 0.139 e. The van der Waals surface area contributed by atoms with Gasteiger partial charge in [0.15, 0.2) is 0 Å². The molecule has 0 radical (unpaired) electrons. The molecule has 5 aromatic rings. The van der Waals surface area contributed by atoms with Crippen LogP contribution in [0.15, 0.2) is 71.3 Å². The van der Waals surface area contributed by atoms with Gasteiger partial charge in [-0.1, -0.05) is 70.2 Å². The first kappa shape index (κ1) is 18.6. The first-order valence-corrected chi connectivity index (χ1v) is 11.2. The van der Waals surface area contributed by atoms with Crippen molar-refractivity contribution in [3.63, 3.8) is 0 Å². The third kappa shape index (κ3) is 2.67. The first-order valence-electron chi connectivity index (χ1n) is 11.2. The number of hydrogen-bond donors (Lipinski definition) is 0. The lowest BCUT2D eigenvalue weighted by atomic mass is 9.63. The van der Waals surface area contributed by atoms with E-state index in [0.717, 1.165) is 27.8 Å². The maximum Gasteiger partial charge on any atom is 0.139 e. The summed E-state index contributed by atoms with van der Waals surface area (Å²) in [5.41, 5.74) is 7.29. The molecule has 0 bridgehead atoms. The Bertz CT molecular complexity index is 1470. The van der Waals surface area contributed by atoms with Crippen molar-refractivity contribution < 1.29 is 4.42 Å². The van der Waals surface area contributed by atoms with Crippen molar-refractivity contribution in [2.45, 2.75) is 51.4 Å². The van der Waals surface area contributed by atoms with E-state index >= 15 is 0 Å². The third-order valence-electron chi connectivity index (χ3n) is 7.35. The standard InChI is InChI=1S/C29H27NO/c1-28(2)13-14-29(3,4)25-23(28)11-10-20-22-17-21-19(16-24(22)31-27(20)25)12-15-30-26(21)18-8-6-5-7-9-18/h5-12,15-17H,13-14H2,1-4H3. The topological polar surface area (TPSA) is 26.0 Å². The summed E-state index contributed by atoms with van der Waals surface area (Å²) in [6.07, 6.45) is 4.27. The Morgan fingerprint density at radius 1 is 0.774 bits per heavy atom. The van der Waals surface area contributed by atoms with E-state index in [1.54, 1.807) is 0 Å². The van der Waals surface area contributed by atoms with Gasteiger partial charge in [0.1, 0.15) is 11.2 Å². The fourth-order valence-corrected chi connectivity index (χ4v) is 5.45. The second-order valence-electron chi connectivity index (χ2n) is 10.3. The average Bonchev–Trinajstić information content (AvgIpc) is 3.12. The van der Waals surface area contributed by atoms with Crippen LogP contribution in [0.3, 0.4) is 0 Å². The predicted molar refractivity (Wildman–Crippen MR) is 130 cm³/mol. The van der Waals surface area contributed by atoms with Crippen molar-refractivity contribution in [2.75, 3.05) is 0 Å². The largest absolute Gasteiger partial charge is 0.456 e. The zero-order chi connectivity index (χ0) is 21.4. The molecule has 2 heteroatoms. The maximum atomic E-state index is 6.61. The minimum Gasteiger partial charge on any atom is -0.456 e. The van der Waals surface area contributed by atoms with Crippen molar-refractivity contribution in [1.29, 1.82) is 0 Å². The van der Waals surface area contributed by atoms with Crippen LogP contribution in [-0.2, 0) is 10.8 Å². The van der Waals surface area contributed by atoms with Gasteiger partial charge in [0.05, 0.1) is 5.69 Å². The Labute approximate surface area is 182 Å². The van der Waals surface area contributed by atoms with E-state index in [-0.39, 0.29) is 10.8 Å². The number of nitrogens with zero attached hydrogens (tertiary/aromatic N) is 1. The summed E-state index contributed by atoms with van der Waals surface area (Å²) in [5.74, 6) is 0. The highest BCUT2D eigenvalue weighted by Gasteiger charge is 2.39. The summed E-state index contributed by atoms with van der Waals surface area (Å²) in [5, 5.41) is 4.72. The molecular weight excluding hydrogens is 378 g/mol. The Balaban J connectivity index is 1.70. The molecule has 2 heterocycles. The molecule has 0 N–H and O–H groups in total. The van der Waals surface area contributed by atoms with E-state index in [1.807, 2.05) is 12.3 Å². The number of rotatable bonds is 1. The van der Waals surface area contributed by atoms with Crippen molar-refractivity contribution in [3.05, 3.63) is 78.0 Å². The summed E-state index contributed by atoms with van der Waals surface area (Å²) in [6.45, 7) is 9.45. The molecule has 2 aromatic heterocycles. The van der Waals surface area contributed by atoms with Crippen molar-refractivity contribution in [1.82, 2.24) is 4.98 Å². The van der Waals surface area contributed by atoms with Crippen LogP contribution in [0, 0.1) is 0 Å². The number of aromatic nitrogens is 1. The minimum absolute atomic E-state index is 0.106. The van der Waals surface area contributed by atoms with Crippen LogP contribution in [0.1, 0.15) is 51.7 Å². The van der Waals surface area contributed by atoms with E-state index in [4.69, 9.17) is 9.40 Å². The molecular formula is C29H27NO. The molecule has 0 saturated carbocycles. The van der Waals surface area contributed by atoms with E-state index in [1.165, 1.54) is 40.1 Å².